The number of hydrogen-bond donors (Lipinski definition) is 2. The summed E-state index contributed by atoms with van der Waals surface area (Å²) in [5.41, 5.74) is 13.4. The Hall–Kier alpha value is -3.78. The third-order valence-corrected chi connectivity index (χ3v) is 11.9. The fourth-order valence-electron chi connectivity index (χ4n) is 7.63. The summed E-state index contributed by atoms with van der Waals surface area (Å²) < 4.78 is 0. The molecule has 2 N–H and O–H groups in total. The minimum atomic E-state index is 0.268. The molecule has 58 heavy (non-hydrogen) atoms. The van der Waals surface area contributed by atoms with Crippen molar-refractivity contribution in [2.24, 2.45) is 5.92 Å². The second kappa shape index (κ2) is 28.6. The highest BCUT2D eigenvalue weighted by atomic mass is 16.3. The van der Waals surface area contributed by atoms with Crippen LogP contribution in [0.5, 0.6) is 11.5 Å². The van der Waals surface area contributed by atoms with Gasteiger partial charge < -0.3 is 10.2 Å². The molecule has 2 rings (SSSR count). The van der Waals surface area contributed by atoms with E-state index in [1.165, 1.54) is 91.2 Å². The Morgan fingerprint density at radius 3 is 1.26 bits per heavy atom. The number of allylic oxidation sites excluding steroid dienone is 16. The molecule has 1 unspecified atom stereocenters. The molecular formula is C56H84O2. The number of phenols is 2. The van der Waals surface area contributed by atoms with E-state index in [4.69, 9.17) is 0 Å². The first-order valence-electron chi connectivity index (χ1n) is 22.8. The maximum Gasteiger partial charge on any atom is 0.127 e. The third-order valence-electron chi connectivity index (χ3n) is 11.9. The minimum Gasteiger partial charge on any atom is -0.507 e. The number of benzene rings is 2. The van der Waals surface area contributed by atoms with Crippen molar-refractivity contribution in [1.29, 1.82) is 0 Å². The van der Waals surface area contributed by atoms with E-state index >= 15 is 0 Å². The first-order valence-corrected chi connectivity index (χ1v) is 22.8. The van der Waals surface area contributed by atoms with E-state index in [9.17, 15) is 10.2 Å². The Morgan fingerprint density at radius 2 is 0.828 bits per heavy atom. The molecule has 320 valence electrons. The second-order valence-corrected chi connectivity index (χ2v) is 18.0. The number of rotatable bonds is 27. The molecule has 0 heterocycles. The fourth-order valence-corrected chi connectivity index (χ4v) is 7.63. The van der Waals surface area contributed by atoms with Gasteiger partial charge in [-0.15, -0.1) is 0 Å². The lowest BCUT2D eigenvalue weighted by Crippen LogP contribution is -1.94. The van der Waals surface area contributed by atoms with E-state index < -0.39 is 0 Å². The van der Waals surface area contributed by atoms with E-state index in [0.717, 1.165) is 68.4 Å². The highest BCUT2D eigenvalue weighted by molar-refractivity contribution is 5.95. The molecule has 2 aromatic rings. The molecule has 0 aliphatic heterocycles. The lowest BCUT2D eigenvalue weighted by atomic mass is 9.95. The summed E-state index contributed by atoms with van der Waals surface area (Å²) in [5.74, 6) is 1.36. The average molecular weight is 789 g/mol. The molecule has 0 amide bonds. The van der Waals surface area contributed by atoms with Gasteiger partial charge in [-0.1, -0.05) is 131 Å². The summed E-state index contributed by atoms with van der Waals surface area (Å²) in [7, 11) is 0. The Morgan fingerprint density at radius 1 is 0.466 bits per heavy atom. The molecule has 0 radical (unpaired) electrons. The second-order valence-electron chi connectivity index (χ2n) is 18.0. The SMILES string of the molecule is CC(C)=CCC/C(C)=C/CCC(C)CCC/C(C)=C/CC/C(C)=C\CC/C(C)=C/CC/C(C)=C/CC/C(C)=C/CC/C(C)=C/Cc1c(C)c(O)c2ccccc2c1O. The molecule has 2 nitrogen and oxygen atoms in total. The van der Waals surface area contributed by atoms with Crippen LogP contribution in [0, 0.1) is 12.8 Å². The summed E-state index contributed by atoms with van der Waals surface area (Å²) in [6.07, 6.45) is 39.8. The van der Waals surface area contributed by atoms with Gasteiger partial charge in [-0.25, -0.2) is 0 Å². The number of hydrogen-bond acceptors (Lipinski definition) is 2. The summed E-state index contributed by atoms with van der Waals surface area (Å²) in [5, 5.41) is 23.0. The van der Waals surface area contributed by atoms with Crippen LogP contribution in [0.4, 0.5) is 0 Å². The van der Waals surface area contributed by atoms with Crippen LogP contribution in [0.2, 0.25) is 0 Å². The predicted molar refractivity (Wildman–Crippen MR) is 259 cm³/mol. The summed E-state index contributed by atoms with van der Waals surface area (Å²) in [6.45, 7) is 24.6. The molecule has 2 aromatic carbocycles. The molecular weight excluding hydrogens is 705 g/mol. The zero-order valence-electron chi connectivity index (χ0n) is 39.1. The van der Waals surface area contributed by atoms with Gasteiger partial charge in [0.05, 0.1) is 0 Å². The maximum atomic E-state index is 10.9. The van der Waals surface area contributed by atoms with E-state index in [1.54, 1.807) is 11.1 Å². The Balaban J connectivity index is 1.59. The smallest absolute Gasteiger partial charge is 0.127 e. The molecule has 0 spiro atoms. The lowest BCUT2D eigenvalue weighted by molar-refractivity contribution is 0.461. The molecule has 0 bridgehead atoms. The molecule has 0 saturated heterocycles. The van der Waals surface area contributed by atoms with Crippen LogP contribution in [0.25, 0.3) is 10.8 Å². The van der Waals surface area contributed by atoms with E-state index in [1.807, 2.05) is 31.2 Å². The molecule has 0 aromatic heterocycles. The summed E-state index contributed by atoms with van der Waals surface area (Å²) in [6, 6.07) is 7.51. The molecule has 0 fully saturated rings. The van der Waals surface area contributed by atoms with Crippen molar-refractivity contribution in [3.05, 3.63) is 129 Å². The number of aromatic hydroxyl groups is 2. The average Bonchev–Trinajstić information content (AvgIpc) is 3.17. The quantitative estimate of drug-likeness (QED) is 0.0699. The van der Waals surface area contributed by atoms with Crippen molar-refractivity contribution in [2.45, 2.75) is 192 Å². The molecule has 0 saturated carbocycles. The van der Waals surface area contributed by atoms with Gasteiger partial charge in [-0.2, -0.15) is 0 Å². The zero-order valence-corrected chi connectivity index (χ0v) is 39.1. The van der Waals surface area contributed by atoms with Crippen LogP contribution in [0.1, 0.15) is 190 Å². The topological polar surface area (TPSA) is 40.5 Å². The molecule has 0 aliphatic rings. The van der Waals surface area contributed by atoms with Gasteiger partial charge in [0.15, 0.2) is 0 Å². The molecule has 0 aliphatic carbocycles. The third kappa shape index (κ3) is 21.3. The van der Waals surface area contributed by atoms with Crippen molar-refractivity contribution in [3.63, 3.8) is 0 Å². The van der Waals surface area contributed by atoms with Crippen molar-refractivity contribution < 1.29 is 10.2 Å². The van der Waals surface area contributed by atoms with Gasteiger partial charge >= 0.3 is 0 Å². The fraction of sp³-hybridized carbons (Fsp3) is 0.536. The van der Waals surface area contributed by atoms with Crippen LogP contribution >= 0.6 is 0 Å². The van der Waals surface area contributed by atoms with Gasteiger partial charge in [-0.05, 0) is 190 Å². The van der Waals surface area contributed by atoms with Gasteiger partial charge in [0.25, 0.3) is 0 Å². The van der Waals surface area contributed by atoms with Crippen LogP contribution in [0.3, 0.4) is 0 Å². The van der Waals surface area contributed by atoms with Crippen molar-refractivity contribution in [3.8, 4) is 11.5 Å². The normalized spacial score (nSPS) is 14.4. The zero-order chi connectivity index (χ0) is 42.9. The van der Waals surface area contributed by atoms with Crippen LogP contribution in [-0.4, -0.2) is 10.2 Å². The highest BCUT2D eigenvalue weighted by Gasteiger charge is 2.15. The highest BCUT2D eigenvalue weighted by Crippen LogP contribution is 2.39. The van der Waals surface area contributed by atoms with E-state index in [2.05, 4.69) is 118 Å². The number of fused-ring (bicyclic) bond motifs is 1. The summed E-state index contributed by atoms with van der Waals surface area (Å²) >= 11 is 0. The maximum absolute atomic E-state index is 10.9. The monoisotopic (exact) mass is 789 g/mol. The summed E-state index contributed by atoms with van der Waals surface area (Å²) in [4.78, 5) is 0. The van der Waals surface area contributed by atoms with Crippen LogP contribution in [0.15, 0.2) is 117 Å². The van der Waals surface area contributed by atoms with Gasteiger partial charge in [0, 0.05) is 16.3 Å². The standard InChI is InChI=1S/C56H84O2/c1-42(2)22-14-23-43(3)24-15-25-44(4)26-16-27-45(5)28-17-29-46(6)30-18-31-47(7)32-19-33-48(8)34-20-35-49(9)36-21-37-50(10)40-41-52-51(11)55(57)53-38-12-13-39-54(53)56(52)58/h12-13,22,24,28,30,32,34,36,38-40,44,57-58H,14-21,23,25-27,29,31,33,35,37,41H2,1-11H3/b43-24+,45-28+,46-30-,47-32+,48-34+,49-36+,50-40+. The minimum absolute atomic E-state index is 0.268. The first kappa shape index (κ1) is 50.4. The van der Waals surface area contributed by atoms with Crippen LogP contribution < -0.4 is 0 Å². The molecule has 1 atom stereocenters. The van der Waals surface area contributed by atoms with Gasteiger partial charge in [0.2, 0.25) is 0 Å². The van der Waals surface area contributed by atoms with Crippen molar-refractivity contribution in [2.75, 3.05) is 0 Å². The lowest BCUT2D eigenvalue weighted by Gasteiger charge is -2.13. The van der Waals surface area contributed by atoms with Crippen LogP contribution in [-0.2, 0) is 6.42 Å². The van der Waals surface area contributed by atoms with Gasteiger partial charge in [-0.3, -0.25) is 0 Å². The first-order chi connectivity index (χ1) is 27.7. The predicted octanol–water partition coefficient (Wildman–Crippen LogP) is 18.0. The molecule has 2 heteroatoms. The van der Waals surface area contributed by atoms with Crippen molar-refractivity contribution in [1.82, 2.24) is 0 Å². The van der Waals surface area contributed by atoms with Crippen molar-refractivity contribution >= 4 is 10.8 Å². The number of phenolic OH excluding ortho intramolecular Hbond substituents is 2. The Labute approximate surface area is 357 Å². The largest absolute Gasteiger partial charge is 0.507 e. The van der Waals surface area contributed by atoms with E-state index in [-0.39, 0.29) is 11.5 Å². The van der Waals surface area contributed by atoms with E-state index in [0.29, 0.717) is 17.2 Å². The Kier molecular flexibility index (Phi) is 24.8. The Bertz CT molecular complexity index is 1790. The van der Waals surface area contributed by atoms with Gasteiger partial charge in [0.1, 0.15) is 11.5 Å².